The molecule has 0 radical (unpaired) electrons. The molecule has 64 valence electrons. The van der Waals surface area contributed by atoms with Crippen LogP contribution in [0.15, 0.2) is 0 Å². The van der Waals surface area contributed by atoms with Crippen LogP contribution in [0.5, 0.6) is 0 Å². The summed E-state index contributed by atoms with van der Waals surface area (Å²) in [5.41, 5.74) is 0. The maximum absolute atomic E-state index is 8.61. The molecule has 0 aromatic heterocycles. The molecule has 11 heavy (non-hydrogen) atoms. The van der Waals surface area contributed by atoms with Gasteiger partial charge in [0.05, 0.1) is 0 Å². The van der Waals surface area contributed by atoms with Gasteiger partial charge in [-0.1, -0.05) is 6.42 Å². The van der Waals surface area contributed by atoms with Gasteiger partial charge in [0.1, 0.15) is 0 Å². The summed E-state index contributed by atoms with van der Waals surface area (Å²) in [7, 11) is -1.13. The van der Waals surface area contributed by atoms with E-state index in [-0.39, 0.29) is 0 Å². The van der Waals surface area contributed by atoms with E-state index >= 15 is 0 Å². The van der Waals surface area contributed by atoms with E-state index in [4.69, 9.17) is 14.8 Å². The normalized spacial score (nSPS) is 20.2. The molecule has 3 nitrogen and oxygen atoms in total. The zero-order valence-corrected chi connectivity index (χ0v) is 6.70. The molecule has 0 atom stereocenters. The minimum atomic E-state index is -1.13. The van der Waals surface area contributed by atoms with Crippen molar-refractivity contribution < 1.29 is 14.8 Å². The topological polar surface area (TPSA) is 49.7 Å². The van der Waals surface area contributed by atoms with E-state index in [9.17, 15) is 0 Å². The third-order valence-electron chi connectivity index (χ3n) is 2.17. The summed E-state index contributed by atoms with van der Waals surface area (Å²) in [6, 6.07) is 0. The summed E-state index contributed by atoms with van der Waals surface area (Å²) in [4.78, 5) is 0. The summed E-state index contributed by atoms with van der Waals surface area (Å²) in [5, 5.41) is 17.2. The minimum absolute atomic E-state index is 0.505. The molecule has 0 bridgehead atoms. The molecule has 0 aliphatic carbocycles. The summed E-state index contributed by atoms with van der Waals surface area (Å²) < 4.78 is 5.18. The van der Waals surface area contributed by atoms with Gasteiger partial charge < -0.3 is 14.8 Å². The standard InChI is InChI=1S/C7H15BO3/c9-8(10)4-1-7-2-5-11-6-3-7/h7,9-10H,1-6H2. The van der Waals surface area contributed by atoms with E-state index in [1.807, 2.05) is 0 Å². The zero-order chi connectivity index (χ0) is 8.10. The minimum Gasteiger partial charge on any atom is -0.427 e. The molecule has 0 aromatic rings. The second kappa shape index (κ2) is 4.75. The molecule has 0 spiro atoms. The van der Waals surface area contributed by atoms with Gasteiger partial charge in [-0.3, -0.25) is 0 Å². The first-order valence-electron chi connectivity index (χ1n) is 4.23. The Hall–Kier alpha value is -0.0551. The van der Waals surface area contributed by atoms with Crippen molar-refractivity contribution in [3.8, 4) is 0 Å². The highest BCUT2D eigenvalue weighted by atomic mass is 16.5. The molecule has 1 aliphatic heterocycles. The molecule has 1 fully saturated rings. The fourth-order valence-corrected chi connectivity index (χ4v) is 1.42. The number of ether oxygens (including phenoxy) is 1. The van der Waals surface area contributed by atoms with Crippen molar-refractivity contribution in [3.05, 3.63) is 0 Å². The Bertz CT molecular complexity index is 102. The van der Waals surface area contributed by atoms with Gasteiger partial charge in [-0.15, -0.1) is 0 Å². The Kier molecular flexibility index (Phi) is 3.90. The first kappa shape index (κ1) is 9.04. The van der Waals surface area contributed by atoms with Crippen molar-refractivity contribution in [2.24, 2.45) is 5.92 Å². The van der Waals surface area contributed by atoms with E-state index in [0.717, 1.165) is 32.5 Å². The molecule has 4 heteroatoms. The average molecular weight is 158 g/mol. The number of hydrogen-bond donors (Lipinski definition) is 2. The van der Waals surface area contributed by atoms with Crippen molar-refractivity contribution in [1.29, 1.82) is 0 Å². The summed E-state index contributed by atoms with van der Waals surface area (Å²) in [6.07, 6.45) is 3.57. The first-order chi connectivity index (χ1) is 5.29. The van der Waals surface area contributed by atoms with Gasteiger partial charge in [-0.05, 0) is 25.1 Å². The van der Waals surface area contributed by atoms with Crippen LogP contribution in [0.4, 0.5) is 0 Å². The lowest BCUT2D eigenvalue weighted by Crippen LogP contribution is -2.18. The monoisotopic (exact) mass is 158 g/mol. The van der Waals surface area contributed by atoms with E-state index in [0.29, 0.717) is 12.2 Å². The second-order valence-corrected chi connectivity index (χ2v) is 3.11. The molecule has 0 unspecified atom stereocenters. The van der Waals surface area contributed by atoms with Crippen LogP contribution in [-0.4, -0.2) is 30.4 Å². The van der Waals surface area contributed by atoms with E-state index in [2.05, 4.69) is 0 Å². The molecule has 1 aliphatic rings. The average Bonchev–Trinajstić information content (AvgIpc) is 2.03. The third kappa shape index (κ3) is 3.75. The first-order valence-corrected chi connectivity index (χ1v) is 4.23. The lowest BCUT2D eigenvalue weighted by atomic mass is 9.79. The Labute approximate surface area is 67.5 Å². The van der Waals surface area contributed by atoms with Crippen LogP contribution in [0.3, 0.4) is 0 Å². The van der Waals surface area contributed by atoms with Crippen molar-refractivity contribution in [1.82, 2.24) is 0 Å². The van der Waals surface area contributed by atoms with Gasteiger partial charge in [0.2, 0.25) is 0 Å². The maximum Gasteiger partial charge on any atom is 0.451 e. The molecule has 1 saturated heterocycles. The molecule has 0 aromatic carbocycles. The van der Waals surface area contributed by atoms with Crippen LogP contribution in [0.2, 0.25) is 6.32 Å². The van der Waals surface area contributed by atoms with Crippen molar-refractivity contribution in [3.63, 3.8) is 0 Å². The largest absolute Gasteiger partial charge is 0.451 e. The maximum atomic E-state index is 8.61. The lowest BCUT2D eigenvalue weighted by Gasteiger charge is -2.21. The smallest absolute Gasteiger partial charge is 0.427 e. The van der Waals surface area contributed by atoms with Crippen molar-refractivity contribution >= 4 is 7.12 Å². The van der Waals surface area contributed by atoms with Gasteiger partial charge in [-0.25, -0.2) is 0 Å². The van der Waals surface area contributed by atoms with E-state index < -0.39 is 7.12 Å². The van der Waals surface area contributed by atoms with E-state index in [1.54, 1.807) is 0 Å². The van der Waals surface area contributed by atoms with Crippen molar-refractivity contribution in [2.75, 3.05) is 13.2 Å². The SMILES string of the molecule is OB(O)CCC1CCOCC1. The summed E-state index contributed by atoms with van der Waals surface area (Å²) in [6.45, 7) is 1.68. The number of hydrogen-bond acceptors (Lipinski definition) is 3. The Morgan fingerprint density at radius 3 is 2.45 bits per heavy atom. The lowest BCUT2D eigenvalue weighted by molar-refractivity contribution is 0.0649. The van der Waals surface area contributed by atoms with Crippen LogP contribution in [0, 0.1) is 5.92 Å². The number of rotatable bonds is 3. The fraction of sp³-hybridized carbons (Fsp3) is 1.00. The highest BCUT2D eigenvalue weighted by Gasteiger charge is 2.16. The fourth-order valence-electron chi connectivity index (χ4n) is 1.42. The van der Waals surface area contributed by atoms with Crippen LogP contribution >= 0.6 is 0 Å². The van der Waals surface area contributed by atoms with Gasteiger partial charge in [-0.2, -0.15) is 0 Å². The molecule has 1 rings (SSSR count). The van der Waals surface area contributed by atoms with Gasteiger partial charge >= 0.3 is 7.12 Å². The molecular formula is C7H15BO3. The van der Waals surface area contributed by atoms with Gasteiger partial charge in [0, 0.05) is 13.2 Å². The summed E-state index contributed by atoms with van der Waals surface area (Å²) in [5.74, 6) is 0.644. The molecule has 0 saturated carbocycles. The Morgan fingerprint density at radius 2 is 1.91 bits per heavy atom. The quantitative estimate of drug-likeness (QED) is 0.579. The third-order valence-corrected chi connectivity index (χ3v) is 2.17. The van der Waals surface area contributed by atoms with Crippen LogP contribution in [-0.2, 0) is 4.74 Å². The second-order valence-electron chi connectivity index (χ2n) is 3.11. The van der Waals surface area contributed by atoms with Gasteiger partial charge in [0.15, 0.2) is 0 Å². The summed E-state index contributed by atoms with van der Waals surface area (Å²) >= 11 is 0. The highest BCUT2D eigenvalue weighted by Crippen LogP contribution is 2.20. The van der Waals surface area contributed by atoms with Gasteiger partial charge in [0.25, 0.3) is 0 Å². The molecule has 1 heterocycles. The predicted molar refractivity (Wildman–Crippen MR) is 43.2 cm³/mol. The van der Waals surface area contributed by atoms with Crippen LogP contribution in [0.25, 0.3) is 0 Å². The highest BCUT2D eigenvalue weighted by molar-refractivity contribution is 6.40. The zero-order valence-electron chi connectivity index (χ0n) is 6.70. The van der Waals surface area contributed by atoms with Crippen LogP contribution in [0.1, 0.15) is 19.3 Å². The van der Waals surface area contributed by atoms with Crippen molar-refractivity contribution in [2.45, 2.75) is 25.6 Å². The van der Waals surface area contributed by atoms with Crippen LogP contribution < -0.4 is 0 Å². The molecule has 0 amide bonds. The molecule has 2 N–H and O–H groups in total. The Morgan fingerprint density at radius 1 is 1.27 bits per heavy atom. The molecular weight excluding hydrogens is 143 g/mol. The predicted octanol–water partition coefficient (Wildman–Crippen LogP) is 0.276. The van der Waals surface area contributed by atoms with E-state index in [1.165, 1.54) is 0 Å². The Balaban J connectivity index is 2.05.